The van der Waals surface area contributed by atoms with Crippen LogP contribution in [0, 0.1) is 17.6 Å². The van der Waals surface area contributed by atoms with E-state index in [9.17, 15) is 32.3 Å². The second-order valence-electron chi connectivity index (χ2n) is 10.1. The molecule has 0 bridgehead atoms. The van der Waals surface area contributed by atoms with Crippen LogP contribution in [0.15, 0.2) is 41.4 Å². The second kappa shape index (κ2) is 9.48. The Morgan fingerprint density at radius 1 is 1.13 bits per heavy atom. The van der Waals surface area contributed by atoms with Crippen molar-refractivity contribution in [2.24, 2.45) is 5.92 Å². The van der Waals surface area contributed by atoms with Crippen LogP contribution in [-0.4, -0.2) is 65.4 Å². The number of ether oxygens (including phenoxy) is 1. The molecule has 4 aliphatic rings. The highest BCUT2D eigenvalue weighted by Gasteiger charge is 2.57. The lowest BCUT2D eigenvalue weighted by atomic mass is 9.85. The van der Waals surface area contributed by atoms with Gasteiger partial charge in [-0.2, -0.15) is 0 Å². The Balaban J connectivity index is 1.34. The number of hydrogen-bond donors (Lipinski definition) is 2. The summed E-state index contributed by atoms with van der Waals surface area (Å²) in [6.07, 6.45) is 2.11. The van der Waals surface area contributed by atoms with Crippen molar-refractivity contribution in [3.63, 3.8) is 0 Å². The van der Waals surface area contributed by atoms with Crippen LogP contribution in [-0.2, 0) is 14.3 Å². The topological polar surface area (TPSA) is 108 Å². The summed E-state index contributed by atoms with van der Waals surface area (Å²) < 4.78 is 47.8. The first-order valence-corrected chi connectivity index (χ1v) is 12.4. The third-order valence-corrected chi connectivity index (χ3v) is 7.89. The van der Waals surface area contributed by atoms with Gasteiger partial charge in [-0.05, 0) is 62.0 Å². The van der Waals surface area contributed by atoms with E-state index in [0.29, 0.717) is 24.0 Å². The van der Waals surface area contributed by atoms with Crippen molar-refractivity contribution in [3.8, 4) is 0 Å². The predicted molar refractivity (Wildman–Crippen MR) is 127 cm³/mol. The maximum atomic E-state index is 14.9. The van der Waals surface area contributed by atoms with Crippen LogP contribution < -0.4 is 10.6 Å². The molecule has 5 rings (SSSR count). The zero-order valence-electron chi connectivity index (χ0n) is 20.9. The highest BCUT2D eigenvalue weighted by Crippen LogP contribution is 2.49. The number of likely N-dealkylation sites (tertiary alicyclic amines) is 1. The van der Waals surface area contributed by atoms with Crippen molar-refractivity contribution in [2.45, 2.75) is 50.3 Å². The summed E-state index contributed by atoms with van der Waals surface area (Å²) in [5.74, 6) is -4.66. The van der Waals surface area contributed by atoms with Gasteiger partial charge in [0.25, 0.3) is 0 Å². The third kappa shape index (κ3) is 4.21. The van der Waals surface area contributed by atoms with Crippen molar-refractivity contribution < 1.29 is 37.1 Å². The Bertz CT molecular complexity index is 1300. The molecule has 2 heterocycles. The Morgan fingerprint density at radius 2 is 1.89 bits per heavy atom. The monoisotopic (exact) mass is 532 g/mol. The summed E-state index contributed by atoms with van der Waals surface area (Å²) in [5.41, 5.74) is -0.934. The minimum absolute atomic E-state index is 0.0449. The summed E-state index contributed by atoms with van der Waals surface area (Å²) >= 11 is 0. The number of nitrogens with zero attached hydrogens (tertiary/aromatic N) is 2. The number of Topliss-reactive ketones (excluding diaryl/α,β-unsaturated/α-hetero) is 1. The van der Waals surface area contributed by atoms with Gasteiger partial charge < -0.3 is 20.3 Å². The number of carbonyl (C=O) groups is 4. The molecule has 0 radical (unpaired) electrons. The van der Waals surface area contributed by atoms with E-state index in [1.165, 1.54) is 18.0 Å². The number of carbonyl (C=O) groups excluding carboxylic acids is 4. The van der Waals surface area contributed by atoms with E-state index in [4.69, 9.17) is 4.74 Å². The van der Waals surface area contributed by atoms with Gasteiger partial charge in [0.2, 0.25) is 5.91 Å². The molecular weight excluding hydrogens is 505 g/mol. The first kappa shape index (κ1) is 25.8. The van der Waals surface area contributed by atoms with E-state index in [-0.39, 0.29) is 37.9 Å². The fraction of sp³-hybridized carbons (Fsp3) is 0.462. The van der Waals surface area contributed by atoms with E-state index in [1.807, 2.05) is 6.92 Å². The van der Waals surface area contributed by atoms with E-state index in [2.05, 4.69) is 10.6 Å². The molecule has 1 aromatic carbocycles. The van der Waals surface area contributed by atoms with Crippen LogP contribution in [0.1, 0.15) is 44.2 Å². The van der Waals surface area contributed by atoms with Gasteiger partial charge in [0.1, 0.15) is 12.2 Å². The maximum Gasteiger partial charge on any atom is 0.411 e. The third-order valence-electron chi connectivity index (χ3n) is 7.89. The Kier molecular flexibility index (Phi) is 6.44. The van der Waals surface area contributed by atoms with Gasteiger partial charge in [-0.25, -0.2) is 22.8 Å². The molecule has 2 saturated heterocycles. The van der Waals surface area contributed by atoms with Gasteiger partial charge in [0.05, 0.1) is 12.6 Å². The molecule has 2 aliphatic carbocycles. The minimum Gasteiger partial charge on any atom is -0.436 e. The molecule has 4 atom stereocenters. The van der Waals surface area contributed by atoms with Crippen molar-refractivity contribution in [1.82, 2.24) is 20.4 Å². The molecule has 1 saturated carbocycles. The highest BCUT2D eigenvalue weighted by molar-refractivity contribution is 6.04. The fourth-order valence-electron chi connectivity index (χ4n) is 6.03. The molecule has 9 nitrogen and oxygen atoms in total. The Labute approximate surface area is 216 Å². The average Bonchev–Trinajstić information content (AvgIpc) is 3.53. The second-order valence-corrected chi connectivity index (χ2v) is 10.1. The molecule has 2 N–H and O–H groups in total. The van der Waals surface area contributed by atoms with Crippen LogP contribution in [0.3, 0.4) is 0 Å². The minimum atomic E-state index is -1.26. The zero-order chi connectivity index (χ0) is 27.4. The zero-order valence-corrected chi connectivity index (χ0v) is 20.9. The number of rotatable bonds is 4. The van der Waals surface area contributed by atoms with Crippen molar-refractivity contribution >= 4 is 23.8 Å². The summed E-state index contributed by atoms with van der Waals surface area (Å²) in [6, 6.07) is 2.16. The lowest BCUT2D eigenvalue weighted by Gasteiger charge is -2.31. The molecule has 38 heavy (non-hydrogen) atoms. The van der Waals surface area contributed by atoms with E-state index in [0.717, 1.165) is 18.2 Å². The molecule has 4 amide bonds. The molecule has 1 unspecified atom stereocenters. The van der Waals surface area contributed by atoms with Crippen LogP contribution >= 0.6 is 0 Å². The molecule has 0 aromatic heterocycles. The summed E-state index contributed by atoms with van der Waals surface area (Å²) in [6.45, 7) is 1.48. The average molecular weight is 533 g/mol. The van der Waals surface area contributed by atoms with E-state index in [1.54, 1.807) is 4.90 Å². The molecule has 202 valence electrons. The van der Waals surface area contributed by atoms with Crippen molar-refractivity contribution in [2.75, 3.05) is 20.1 Å². The highest BCUT2D eigenvalue weighted by atomic mass is 19.2. The molecule has 1 aromatic rings. The van der Waals surface area contributed by atoms with Gasteiger partial charge in [-0.15, -0.1) is 0 Å². The van der Waals surface area contributed by atoms with E-state index < -0.39 is 58.6 Å². The fourth-order valence-corrected chi connectivity index (χ4v) is 6.03. The number of hydrogen-bond acceptors (Lipinski definition) is 5. The summed E-state index contributed by atoms with van der Waals surface area (Å²) in [5, 5.41) is 4.48. The molecule has 2 aliphatic heterocycles. The van der Waals surface area contributed by atoms with Gasteiger partial charge in [0, 0.05) is 19.0 Å². The van der Waals surface area contributed by atoms with Crippen LogP contribution in [0.25, 0.3) is 0 Å². The first-order chi connectivity index (χ1) is 18.0. The van der Waals surface area contributed by atoms with Crippen LogP contribution in [0.5, 0.6) is 0 Å². The van der Waals surface area contributed by atoms with Crippen molar-refractivity contribution in [1.29, 1.82) is 0 Å². The van der Waals surface area contributed by atoms with Gasteiger partial charge >= 0.3 is 12.1 Å². The summed E-state index contributed by atoms with van der Waals surface area (Å²) in [7, 11) is 1.34. The normalized spacial score (nSPS) is 28.6. The SMILES string of the molecule is CNC(=O)NC1=C(F)C=C2C(CC[C@@]23CN(CC(=O)N2[C@@H](C)CC[C@H]2c2ccc(F)c(F)c2)C(=O)O3)C1=O. The van der Waals surface area contributed by atoms with Gasteiger partial charge in [0.15, 0.2) is 28.8 Å². The predicted octanol–water partition coefficient (Wildman–Crippen LogP) is 3.24. The number of ketones is 1. The quantitative estimate of drug-likeness (QED) is 0.619. The number of fused-ring (bicyclic) bond motifs is 2. The van der Waals surface area contributed by atoms with Crippen LogP contribution in [0.2, 0.25) is 0 Å². The smallest absolute Gasteiger partial charge is 0.411 e. The number of benzene rings is 1. The van der Waals surface area contributed by atoms with Gasteiger partial charge in [-0.1, -0.05) is 6.07 Å². The molecular formula is C26H27F3N4O5. The Hall–Kier alpha value is -3.83. The number of halogens is 3. The largest absolute Gasteiger partial charge is 0.436 e. The van der Waals surface area contributed by atoms with E-state index >= 15 is 0 Å². The van der Waals surface area contributed by atoms with Crippen molar-refractivity contribution in [3.05, 3.63) is 58.6 Å². The number of allylic oxidation sites excluding steroid dienone is 3. The Morgan fingerprint density at radius 3 is 2.61 bits per heavy atom. The summed E-state index contributed by atoms with van der Waals surface area (Å²) in [4.78, 5) is 53.6. The lowest BCUT2D eigenvalue weighted by Crippen LogP contribution is -2.44. The number of urea groups is 1. The molecule has 3 fully saturated rings. The number of nitrogens with one attached hydrogen (secondary N) is 2. The number of amides is 4. The first-order valence-electron chi connectivity index (χ1n) is 12.4. The standard InChI is InChI=1S/C26H27F3N4O5/c1-13-3-6-20(14-4-5-17(27)18(28)9-14)33(13)21(34)11-32-12-26(38-25(32)37)8-7-15-16(26)10-19(29)22(23(15)35)31-24(36)30-2/h4-5,9-10,13,15,20H,3,6-8,11-12H2,1-2H3,(H2,30,31,36)/t13-,15?,20-,26+/m0/s1. The lowest BCUT2D eigenvalue weighted by molar-refractivity contribution is -0.134. The van der Waals surface area contributed by atoms with Gasteiger partial charge in [-0.3, -0.25) is 14.5 Å². The molecule has 12 heteroatoms. The maximum absolute atomic E-state index is 14.9. The molecule has 1 spiro atoms. The van der Waals surface area contributed by atoms with Crippen LogP contribution in [0.4, 0.5) is 22.8 Å².